The Hall–Kier alpha value is -1.64. The molecule has 0 saturated carbocycles. The van der Waals surface area contributed by atoms with Crippen molar-refractivity contribution >= 4 is 21.6 Å². The van der Waals surface area contributed by atoms with Crippen LogP contribution in [0.3, 0.4) is 0 Å². The molecule has 3 nitrogen and oxygen atoms in total. The highest BCUT2D eigenvalue weighted by Crippen LogP contribution is 2.30. The van der Waals surface area contributed by atoms with E-state index in [4.69, 9.17) is 11.6 Å². The molecule has 0 spiro atoms. The van der Waals surface area contributed by atoms with Crippen LogP contribution in [0.1, 0.15) is 11.1 Å². The Morgan fingerprint density at radius 2 is 1.74 bits per heavy atom. The lowest BCUT2D eigenvalue weighted by molar-refractivity contribution is -0.137. The van der Waals surface area contributed by atoms with Gasteiger partial charge in [0, 0.05) is 12.1 Å². The van der Waals surface area contributed by atoms with E-state index in [1.807, 2.05) is 4.72 Å². The summed E-state index contributed by atoms with van der Waals surface area (Å²) in [7, 11) is -4.08. The van der Waals surface area contributed by atoms with Gasteiger partial charge in [-0.2, -0.15) is 13.2 Å². The van der Waals surface area contributed by atoms with Crippen molar-refractivity contribution in [2.75, 3.05) is 0 Å². The zero-order chi connectivity index (χ0) is 17.3. The van der Waals surface area contributed by atoms with Gasteiger partial charge in [0.2, 0.25) is 10.0 Å². The number of benzene rings is 2. The van der Waals surface area contributed by atoms with Gasteiger partial charge in [0.05, 0.1) is 10.6 Å². The molecular weight excluding hydrogens is 358 g/mol. The maximum atomic E-state index is 13.6. The Balaban J connectivity index is 2.26. The third-order valence-corrected chi connectivity index (χ3v) is 4.85. The molecule has 2 aromatic rings. The van der Waals surface area contributed by atoms with Crippen molar-refractivity contribution in [2.45, 2.75) is 17.6 Å². The number of sulfonamides is 1. The summed E-state index contributed by atoms with van der Waals surface area (Å²) in [5, 5.41) is -0.0514. The van der Waals surface area contributed by atoms with Gasteiger partial charge in [-0.05, 0) is 30.3 Å². The lowest BCUT2D eigenvalue weighted by Gasteiger charge is -2.11. The average Bonchev–Trinajstić information content (AvgIpc) is 2.45. The Bertz CT molecular complexity index is 822. The molecular formula is C14H10ClF4NO2S. The molecule has 124 valence electrons. The third kappa shape index (κ3) is 4.21. The first-order valence-electron chi connectivity index (χ1n) is 6.21. The van der Waals surface area contributed by atoms with E-state index in [0.717, 1.165) is 0 Å². The number of hydrogen-bond acceptors (Lipinski definition) is 2. The quantitative estimate of drug-likeness (QED) is 0.831. The second-order valence-electron chi connectivity index (χ2n) is 4.56. The summed E-state index contributed by atoms with van der Waals surface area (Å²) in [4.78, 5) is -0.242. The first-order chi connectivity index (χ1) is 10.6. The van der Waals surface area contributed by atoms with E-state index < -0.39 is 39.7 Å². The largest absolute Gasteiger partial charge is 0.416 e. The molecule has 1 N–H and O–H groups in total. The maximum Gasteiger partial charge on any atom is 0.416 e. The van der Waals surface area contributed by atoms with Gasteiger partial charge in [-0.15, -0.1) is 0 Å². The van der Waals surface area contributed by atoms with Gasteiger partial charge in [0.1, 0.15) is 10.7 Å². The lowest BCUT2D eigenvalue weighted by atomic mass is 10.1. The van der Waals surface area contributed by atoms with Crippen LogP contribution in [0, 0.1) is 5.82 Å². The fourth-order valence-electron chi connectivity index (χ4n) is 1.80. The van der Waals surface area contributed by atoms with Crippen molar-refractivity contribution in [1.29, 1.82) is 0 Å². The zero-order valence-electron chi connectivity index (χ0n) is 11.4. The Morgan fingerprint density at radius 1 is 1.09 bits per heavy atom. The first kappa shape index (κ1) is 17.7. The van der Waals surface area contributed by atoms with Crippen molar-refractivity contribution in [2.24, 2.45) is 0 Å². The van der Waals surface area contributed by atoms with Crippen LogP contribution in [0.4, 0.5) is 17.6 Å². The van der Waals surface area contributed by atoms with Crippen molar-refractivity contribution in [3.8, 4) is 0 Å². The molecule has 0 unspecified atom stereocenters. The van der Waals surface area contributed by atoms with E-state index in [2.05, 4.69) is 0 Å². The monoisotopic (exact) mass is 367 g/mol. The molecule has 0 saturated heterocycles. The van der Waals surface area contributed by atoms with E-state index in [0.29, 0.717) is 18.2 Å². The number of hydrogen-bond donors (Lipinski definition) is 1. The second kappa shape index (κ2) is 6.46. The molecule has 0 aromatic heterocycles. The van der Waals surface area contributed by atoms with Crippen LogP contribution in [0.2, 0.25) is 5.02 Å². The summed E-state index contributed by atoms with van der Waals surface area (Å²) in [6.07, 6.45) is -4.65. The smallest absolute Gasteiger partial charge is 0.207 e. The van der Waals surface area contributed by atoms with E-state index in [1.54, 1.807) is 0 Å². The van der Waals surface area contributed by atoms with E-state index in [-0.39, 0.29) is 9.92 Å². The minimum absolute atomic E-state index is 0.0514. The van der Waals surface area contributed by atoms with Crippen LogP contribution < -0.4 is 4.72 Å². The van der Waals surface area contributed by atoms with E-state index in [9.17, 15) is 26.0 Å². The number of nitrogens with one attached hydrogen (secondary N) is 1. The molecule has 9 heteroatoms. The molecule has 0 aliphatic carbocycles. The minimum atomic E-state index is -4.65. The topological polar surface area (TPSA) is 46.2 Å². The van der Waals surface area contributed by atoms with Gasteiger partial charge in [0.25, 0.3) is 0 Å². The molecule has 0 atom stereocenters. The fraction of sp³-hybridized carbons (Fsp3) is 0.143. The predicted octanol–water partition coefficient (Wildman–Crippen LogP) is 3.98. The number of halogens is 5. The molecule has 0 amide bonds. The Morgan fingerprint density at radius 3 is 2.35 bits per heavy atom. The van der Waals surface area contributed by atoms with Gasteiger partial charge in [-0.3, -0.25) is 0 Å². The van der Waals surface area contributed by atoms with Gasteiger partial charge < -0.3 is 0 Å². The molecule has 0 bridgehead atoms. The van der Waals surface area contributed by atoms with E-state index in [1.165, 1.54) is 24.3 Å². The first-order valence-corrected chi connectivity index (χ1v) is 8.07. The standard InChI is InChI=1S/C14H10ClF4NO2S/c15-11-3-1-2-4-13(11)23(21,22)20-8-9-7-10(14(17,18)19)5-6-12(9)16/h1-7,20H,8H2. The van der Waals surface area contributed by atoms with Gasteiger partial charge >= 0.3 is 6.18 Å². The number of rotatable bonds is 4. The molecule has 2 rings (SSSR count). The van der Waals surface area contributed by atoms with Gasteiger partial charge in [0.15, 0.2) is 0 Å². The Labute approximate surface area is 134 Å². The van der Waals surface area contributed by atoms with Crippen molar-refractivity contribution in [3.05, 3.63) is 64.4 Å². The van der Waals surface area contributed by atoms with Crippen molar-refractivity contribution in [3.63, 3.8) is 0 Å². The summed E-state index contributed by atoms with van der Waals surface area (Å²) in [5.41, 5.74) is -1.48. The lowest BCUT2D eigenvalue weighted by Crippen LogP contribution is -2.24. The normalized spacial score (nSPS) is 12.4. The summed E-state index contributed by atoms with van der Waals surface area (Å²) >= 11 is 5.76. The molecule has 0 aliphatic rings. The van der Waals surface area contributed by atoms with Crippen LogP contribution in [0.5, 0.6) is 0 Å². The molecule has 23 heavy (non-hydrogen) atoms. The second-order valence-corrected chi connectivity index (χ2v) is 6.70. The number of alkyl halides is 3. The maximum absolute atomic E-state index is 13.6. The van der Waals surface area contributed by atoms with Crippen LogP contribution in [0.15, 0.2) is 47.4 Å². The summed E-state index contributed by atoms with van der Waals surface area (Å²) < 4.78 is 77.6. The minimum Gasteiger partial charge on any atom is -0.207 e. The highest BCUT2D eigenvalue weighted by molar-refractivity contribution is 7.89. The summed E-state index contributed by atoms with van der Waals surface area (Å²) in [6, 6.07) is 7.32. The molecule has 0 aliphatic heterocycles. The zero-order valence-corrected chi connectivity index (χ0v) is 12.9. The van der Waals surface area contributed by atoms with Crippen LogP contribution in [-0.4, -0.2) is 8.42 Å². The summed E-state index contributed by atoms with van der Waals surface area (Å²) in [6.45, 7) is -0.636. The molecule has 0 fully saturated rings. The van der Waals surface area contributed by atoms with Crippen LogP contribution in [0.25, 0.3) is 0 Å². The third-order valence-electron chi connectivity index (χ3n) is 2.95. The molecule has 2 aromatic carbocycles. The van der Waals surface area contributed by atoms with Crippen LogP contribution in [-0.2, 0) is 22.7 Å². The van der Waals surface area contributed by atoms with Gasteiger partial charge in [-0.1, -0.05) is 23.7 Å². The molecule has 0 radical (unpaired) electrons. The van der Waals surface area contributed by atoms with E-state index >= 15 is 0 Å². The van der Waals surface area contributed by atoms with Crippen LogP contribution >= 0.6 is 11.6 Å². The van der Waals surface area contributed by atoms with Gasteiger partial charge in [-0.25, -0.2) is 17.5 Å². The SMILES string of the molecule is O=S(=O)(NCc1cc(C(F)(F)F)ccc1F)c1ccccc1Cl. The average molecular weight is 368 g/mol. The van der Waals surface area contributed by atoms with Crippen molar-refractivity contribution < 1.29 is 26.0 Å². The highest BCUT2D eigenvalue weighted by Gasteiger charge is 2.31. The molecule has 0 heterocycles. The highest BCUT2D eigenvalue weighted by atomic mass is 35.5. The van der Waals surface area contributed by atoms with Crippen molar-refractivity contribution in [1.82, 2.24) is 4.72 Å². The Kier molecular flexibility index (Phi) is 4.98. The predicted molar refractivity (Wildman–Crippen MR) is 76.9 cm³/mol. The summed E-state index contributed by atoms with van der Waals surface area (Å²) in [5.74, 6) is -0.945. The fourth-order valence-corrected chi connectivity index (χ4v) is 3.32.